The Morgan fingerprint density at radius 3 is 2.57 bits per heavy atom. The summed E-state index contributed by atoms with van der Waals surface area (Å²) in [5.41, 5.74) is 5.00. The largest absolute Gasteiger partial charge is 0.356 e. The minimum atomic E-state index is 0. The number of aromatic nitrogens is 3. The molecular weight excluding hydrogens is 463 g/mol. The summed E-state index contributed by atoms with van der Waals surface area (Å²) in [6, 6.07) is 12.4. The molecule has 2 heterocycles. The SMILES string of the molecule is CN=C(NCCc1ccncc1C)NCc1ccccc1Cn1cccn1.I. The summed E-state index contributed by atoms with van der Waals surface area (Å²) in [5.74, 6) is 0.801. The van der Waals surface area contributed by atoms with Crippen molar-refractivity contribution in [1.82, 2.24) is 25.4 Å². The van der Waals surface area contributed by atoms with E-state index < -0.39 is 0 Å². The summed E-state index contributed by atoms with van der Waals surface area (Å²) in [5, 5.41) is 11.1. The van der Waals surface area contributed by atoms with Gasteiger partial charge >= 0.3 is 0 Å². The van der Waals surface area contributed by atoms with Gasteiger partial charge in [0.2, 0.25) is 0 Å². The number of aryl methyl sites for hydroxylation is 1. The van der Waals surface area contributed by atoms with Crippen LogP contribution in [0.5, 0.6) is 0 Å². The number of guanidine groups is 1. The zero-order chi connectivity index (χ0) is 18.9. The summed E-state index contributed by atoms with van der Waals surface area (Å²) < 4.78 is 1.93. The molecule has 0 atom stereocenters. The standard InChI is InChI=1S/C21H26N6.HI/c1-17-14-23-11-8-18(17)9-12-24-21(22-2)25-15-19-6-3-4-7-20(19)16-27-13-5-10-26-27;/h3-8,10-11,13-14H,9,12,15-16H2,1-2H3,(H2,22,24,25);1H. The third kappa shape index (κ3) is 6.33. The molecule has 0 bridgehead atoms. The van der Waals surface area contributed by atoms with Crippen LogP contribution >= 0.6 is 24.0 Å². The highest BCUT2D eigenvalue weighted by Gasteiger charge is 2.05. The van der Waals surface area contributed by atoms with Crippen molar-refractivity contribution in [3.05, 3.63) is 83.4 Å². The van der Waals surface area contributed by atoms with Gasteiger partial charge in [-0.05, 0) is 47.7 Å². The summed E-state index contributed by atoms with van der Waals surface area (Å²) in [6.07, 6.45) is 8.46. The molecule has 28 heavy (non-hydrogen) atoms. The molecule has 0 aliphatic rings. The maximum Gasteiger partial charge on any atom is 0.191 e. The molecule has 0 aliphatic carbocycles. The van der Waals surface area contributed by atoms with Crippen molar-refractivity contribution >= 4 is 29.9 Å². The van der Waals surface area contributed by atoms with E-state index in [1.165, 1.54) is 22.3 Å². The van der Waals surface area contributed by atoms with Gasteiger partial charge in [-0.1, -0.05) is 24.3 Å². The van der Waals surface area contributed by atoms with E-state index in [2.05, 4.69) is 63.0 Å². The number of pyridine rings is 1. The van der Waals surface area contributed by atoms with Crippen LogP contribution < -0.4 is 10.6 Å². The first-order valence-electron chi connectivity index (χ1n) is 9.14. The molecule has 3 rings (SSSR count). The lowest BCUT2D eigenvalue weighted by atomic mass is 10.1. The molecule has 0 aliphatic heterocycles. The molecule has 6 nitrogen and oxygen atoms in total. The van der Waals surface area contributed by atoms with Crippen LogP contribution in [0.4, 0.5) is 0 Å². The van der Waals surface area contributed by atoms with Gasteiger partial charge in [0, 0.05) is 44.9 Å². The normalized spacial score (nSPS) is 11.0. The van der Waals surface area contributed by atoms with Gasteiger partial charge in [0.15, 0.2) is 5.96 Å². The van der Waals surface area contributed by atoms with Gasteiger partial charge in [0.1, 0.15) is 0 Å². The molecule has 0 spiro atoms. The van der Waals surface area contributed by atoms with E-state index in [1.54, 1.807) is 13.2 Å². The lowest BCUT2D eigenvalue weighted by molar-refractivity contribution is 0.677. The fraction of sp³-hybridized carbons (Fsp3) is 0.286. The zero-order valence-electron chi connectivity index (χ0n) is 16.3. The smallest absolute Gasteiger partial charge is 0.191 e. The van der Waals surface area contributed by atoms with E-state index in [0.717, 1.165) is 25.5 Å². The van der Waals surface area contributed by atoms with Crippen LogP contribution in [0.2, 0.25) is 0 Å². The number of hydrogen-bond donors (Lipinski definition) is 2. The lowest BCUT2D eigenvalue weighted by Crippen LogP contribution is -2.38. The fourth-order valence-corrected chi connectivity index (χ4v) is 2.95. The van der Waals surface area contributed by atoms with E-state index >= 15 is 0 Å². The number of nitrogens with one attached hydrogen (secondary N) is 2. The monoisotopic (exact) mass is 490 g/mol. The fourth-order valence-electron chi connectivity index (χ4n) is 2.95. The first kappa shape index (κ1) is 21.9. The molecule has 148 valence electrons. The second kappa shape index (κ2) is 11.4. The molecule has 2 N–H and O–H groups in total. The Hall–Kier alpha value is -2.42. The number of aliphatic imine (C=N–C) groups is 1. The number of hydrogen-bond acceptors (Lipinski definition) is 3. The number of rotatable bonds is 7. The Morgan fingerprint density at radius 1 is 1.04 bits per heavy atom. The third-order valence-corrected chi connectivity index (χ3v) is 4.50. The molecule has 0 radical (unpaired) electrons. The zero-order valence-corrected chi connectivity index (χ0v) is 18.6. The lowest BCUT2D eigenvalue weighted by Gasteiger charge is -2.15. The van der Waals surface area contributed by atoms with Gasteiger partial charge in [0.05, 0.1) is 6.54 Å². The average molecular weight is 490 g/mol. The van der Waals surface area contributed by atoms with Gasteiger partial charge in [-0.2, -0.15) is 5.10 Å². The number of benzene rings is 1. The second-order valence-electron chi connectivity index (χ2n) is 6.38. The Labute approximate surface area is 183 Å². The Balaban J connectivity index is 0.00000280. The third-order valence-electron chi connectivity index (χ3n) is 4.50. The quantitative estimate of drug-likeness (QED) is 0.304. The molecule has 2 aromatic heterocycles. The maximum absolute atomic E-state index is 4.33. The first-order chi connectivity index (χ1) is 13.3. The predicted molar refractivity (Wildman–Crippen MR) is 124 cm³/mol. The molecule has 0 fully saturated rings. The van der Waals surface area contributed by atoms with Gasteiger partial charge in [-0.15, -0.1) is 24.0 Å². The minimum Gasteiger partial charge on any atom is -0.356 e. The van der Waals surface area contributed by atoms with E-state index in [9.17, 15) is 0 Å². The topological polar surface area (TPSA) is 67.1 Å². The van der Waals surface area contributed by atoms with Crippen LogP contribution in [-0.2, 0) is 19.5 Å². The summed E-state index contributed by atoms with van der Waals surface area (Å²) in [7, 11) is 1.79. The average Bonchev–Trinajstić information content (AvgIpc) is 3.20. The van der Waals surface area contributed by atoms with Crippen molar-refractivity contribution in [2.24, 2.45) is 4.99 Å². The van der Waals surface area contributed by atoms with Crippen LogP contribution in [0.15, 0.2) is 66.2 Å². The van der Waals surface area contributed by atoms with Crippen LogP contribution in [0.1, 0.15) is 22.3 Å². The van der Waals surface area contributed by atoms with Crippen molar-refractivity contribution < 1.29 is 0 Å². The van der Waals surface area contributed by atoms with Gasteiger partial charge in [-0.25, -0.2) is 0 Å². The molecule has 7 heteroatoms. The number of halogens is 1. The Kier molecular flexibility index (Phi) is 8.93. The van der Waals surface area contributed by atoms with Crippen LogP contribution in [0, 0.1) is 6.92 Å². The van der Waals surface area contributed by atoms with Gasteiger partial charge in [0.25, 0.3) is 0 Å². The highest BCUT2D eigenvalue weighted by molar-refractivity contribution is 14.0. The van der Waals surface area contributed by atoms with Crippen LogP contribution in [0.25, 0.3) is 0 Å². The number of nitrogens with zero attached hydrogens (tertiary/aromatic N) is 4. The van der Waals surface area contributed by atoms with Crippen molar-refractivity contribution in [1.29, 1.82) is 0 Å². The molecule has 1 aromatic carbocycles. The Morgan fingerprint density at radius 2 is 1.86 bits per heavy atom. The highest BCUT2D eigenvalue weighted by atomic mass is 127. The van der Waals surface area contributed by atoms with Gasteiger partial charge in [-0.3, -0.25) is 14.7 Å². The first-order valence-corrected chi connectivity index (χ1v) is 9.14. The second-order valence-corrected chi connectivity index (χ2v) is 6.38. The summed E-state index contributed by atoms with van der Waals surface area (Å²) >= 11 is 0. The van der Waals surface area contributed by atoms with E-state index in [0.29, 0.717) is 6.54 Å². The molecule has 0 unspecified atom stereocenters. The van der Waals surface area contributed by atoms with Crippen molar-refractivity contribution in [2.45, 2.75) is 26.4 Å². The van der Waals surface area contributed by atoms with E-state index in [1.807, 2.05) is 29.3 Å². The molecule has 0 saturated carbocycles. The van der Waals surface area contributed by atoms with Crippen LogP contribution in [-0.4, -0.2) is 34.3 Å². The molecule has 3 aromatic rings. The molecular formula is C21H27IN6. The van der Waals surface area contributed by atoms with Crippen LogP contribution in [0.3, 0.4) is 0 Å². The maximum atomic E-state index is 4.33. The van der Waals surface area contributed by atoms with E-state index in [4.69, 9.17) is 0 Å². The minimum absolute atomic E-state index is 0. The van der Waals surface area contributed by atoms with E-state index in [-0.39, 0.29) is 24.0 Å². The Bertz CT molecular complexity index is 876. The summed E-state index contributed by atoms with van der Waals surface area (Å²) in [6.45, 7) is 4.38. The van der Waals surface area contributed by atoms with Crippen molar-refractivity contribution in [3.8, 4) is 0 Å². The van der Waals surface area contributed by atoms with Crippen molar-refractivity contribution in [2.75, 3.05) is 13.6 Å². The predicted octanol–water partition coefficient (Wildman–Crippen LogP) is 3.16. The van der Waals surface area contributed by atoms with Crippen molar-refractivity contribution in [3.63, 3.8) is 0 Å². The summed E-state index contributed by atoms with van der Waals surface area (Å²) in [4.78, 5) is 8.47. The molecule has 0 amide bonds. The van der Waals surface area contributed by atoms with Gasteiger partial charge < -0.3 is 10.6 Å². The molecule has 0 saturated heterocycles. The highest BCUT2D eigenvalue weighted by Crippen LogP contribution is 2.10.